The van der Waals surface area contributed by atoms with Crippen molar-refractivity contribution in [2.24, 2.45) is 0 Å². The zero-order valence-electron chi connectivity index (χ0n) is 20.4. The highest BCUT2D eigenvalue weighted by Crippen LogP contribution is 2.34. The topological polar surface area (TPSA) is 106 Å². The third-order valence-electron chi connectivity index (χ3n) is 5.98. The van der Waals surface area contributed by atoms with Gasteiger partial charge in [0.05, 0.1) is 28.6 Å². The van der Waals surface area contributed by atoms with E-state index in [1.54, 1.807) is 26.1 Å². The highest BCUT2D eigenvalue weighted by atomic mass is 35.5. The molecule has 1 amide bonds. The van der Waals surface area contributed by atoms with Crippen LogP contribution >= 0.6 is 11.6 Å². The lowest BCUT2D eigenvalue weighted by atomic mass is 10.1. The predicted octanol–water partition coefficient (Wildman–Crippen LogP) is 4.19. The summed E-state index contributed by atoms with van der Waals surface area (Å²) in [6.07, 6.45) is 4.02. The van der Waals surface area contributed by atoms with Crippen molar-refractivity contribution in [3.8, 4) is 11.5 Å². The molecule has 2 atom stereocenters. The van der Waals surface area contributed by atoms with E-state index in [9.17, 15) is 4.79 Å². The molecule has 0 saturated carbocycles. The standard InChI is InChI=1S/C26H31ClN4O5/c1-17(26(33)31(2)11-12-32)36-23-8-5-7-21-24(23)25(29-16-28-21)30-18-9-10-22(20(27)14-18)35-15-19-6-3-4-13-34-19/h5,7-10,14,16-17,19,32H,3-4,6,11-13,15H2,1-2H3,(H,28,29,30)/t17-,19?/m1/s1. The van der Waals surface area contributed by atoms with Crippen LogP contribution in [0.25, 0.3) is 10.9 Å². The summed E-state index contributed by atoms with van der Waals surface area (Å²) in [4.78, 5) is 22.8. The molecule has 0 radical (unpaired) electrons. The maximum absolute atomic E-state index is 12.6. The van der Waals surface area contributed by atoms with Crippen LogP contribution in [0.4, 0.5) is 11.5 Å². The number of benzene rings is 2. The van der Waals surface area contributed by atoms with Crippen molar-refractivity contribution in [3.05, 3.63) is 47.7 Å². The lowest BCUT2D eigenvalue weighted by Gasteiger charge is -2.23. The van der Waals surface area contributed by atoms with Crippen molar-refractivity contribution >= 4 is 39.9 Å². The lowest BCUT2D eigenvalue weighted by Crippen LogP contribution is -2.39. The number of hydrogen-bond acceptors (Lipinski definition) is 8. The Hall–Kier alpha value is -3.14. The fraction of sp³-hybridized carbons (Fsp3) is 0.423. The SMILES string of the molecule is C[C@@H](Oc1cccc2ncnc(Nc3ccc(OCC4CCCCO4)c(Cl)c3)c12)C(=O)N(C)CCO. The second kappa shape index (κ2) is 12.2. The average Bonchev–Trinajstić information content (AvgIpc) is 2.88. The molecule has 2 heterocycles. The Morgan fingerprint density at radius 1 is 1.28 bits per heavy atom. The van der Waals surface area contributed by atoms with E-state index < -0.39 is 6.10 Å². The summed E-state index contributed by atoms with van der Waals surface area (Å²) in [5.74, 6) is 1.33. The van der Waals surface area contributed by atoms with Gasteiger partial charge in [-0.15, -0.1) is 0 Å². The first-order valence-corrected chi connectivity index (χ1v) is 12.4. The van der Waals surface area contributed by atoms with E-state index in [0.29, 0.717) is 45.5 Å². The molecule has 1 saturated heterocycles. The van der Waals surface area contributed by atoms with Gasteiger partial charge in [0.15, 0.2) is 6.10 Å². The average molecular weight is 515 g/mol. The van der Waals surface area contributed by atoms with Crippen molar-refractivity contribution in [3.63, 3.8) is 0 Å². The number of amides is 1. The summed E-state index contributed by atoms with van der Waals surface area (Å²) in [7, 11) is 1.62. The molecule has 4 rings (SSSR count). The number of anilines is 2. The van der Waals surface area contributed by atoms with Crippen LogP contribution in [0.15, 0.2) is 42.7 Å². The Balaban J connectivity index is 1.51. The van der Waals surface area contributed by atoms with E-state index in [4.69, 9.17) is 30.9 Å². The molecule has 2 aromatic carbocycles. The van der Waals surface area contributed by atoms with Crippen LogP contribution in [0.5, 0.6) is 11.5 Å². The van der Waals surface area contributed by atoms with Gasteiger partial charge in [0.25, 0.3) is 5.91 Å². The molecule has 0 bridgehead atoms. The Kier molecular flexibility index (Phi) is 8.79. The van der Waals surface area contributed by atoms with Crippen molar-refractivity contribution in [2.75, 3.05) is 38.7 Å². The molecule has 0 spiro atoms. The maximum atomic E-state index is 12.6. The number of hydrogen-bond donors (Lipinski definition) is 2. The van der Waals surface area contributed by atoms with Gasteiger partial charge >= 0.3 is 0 Å². The molecule has 1 aliphatic heterocycles. The molecule has 2 N–H and O–H groups in total. The van der Waals surface area contributed by atoms with Crippen molar-refractivity contribution < 1.29 is 24.1 Å². The monoisotopic (exact) mass is 514 g/mol. The Labute approximate surface area is 215 Å². The quantitative estimate of drug-likeness (QED) is 0.415. The van der Waals surface area contributed by atoms with E-state index in [0.717, 1.165) is 25.9 Å². The highest BCUT2D eigenvalue weighted by Gasteiger charge is 2.21. The summed E-state index contributed by atoms with van der Waals surface area (Å²) in [5.41, 5.74) is 1.37. The molecular formula is C26H31ClN4O5. The molecule has 10 heteroatoms. The van der Waals surface area contributed by atoms with Gasteiger partial charge in [-0.1, -0.05) is 17.7 Å². The van der Waals surface area contributed by atoms with E-state index >= 15 is 0 Å². The molecule has 1 aliphatic rings. The van der Waals surface area contributed by atoms with Gasteiger partial charge in [0.2, 0.25) is 0 Å². The number of carbonyl (C=O) groups excluding carboxylic acids is 1. The zero-order chi connectivity index (χ0) is 25.5. The van der Waals surface area contributed by atoms with Crippen LogP contribution in [-0.2, 0) is 9.53 Å². The van der Waals surface area contributed by atoms with Gasteiger partial charge in [0, 0.05) is 25.9 Å². The van der Waals surface area contributed by atoms with E-state index in [1.807, 2.05) is 24.3 Å². The smallest absolute Gasteiger partial charge is 0.263 e. The molecule has 1 unspecified atom stereocenters. The van der Waals surface area contributed by atoms with Crippen LogP contribution in [-0.4, -0.2) is 71.5 Å². The third kappa shape index (κ3) is 6.34. The minimum atomic E-state index is -0.765. The fourth-order valence-corrected chi connectivity index (χ4v) is 4.27. The van der Waals surface area contributed by atoms with Crippen LogP contribution in [0.2, 0.25) is 5.02 Å². The molecule has 9 nitrogen and oxygen atoms in total. The van der Waals surface area contributed by atoms with Gasteiger partial charge in [-0.3, -0.25) is 4.79 Å². The number of carbonyl (C=O) groups is 1. The van der Waals surface area contributed by atoms with Gasteiger partial charge in [0.1, 0.15) is 30.3 Å². The van der Waals surface area contributed by atoms with Crippen LogP contribution in [0.1, 0.15) is 26.2 Å². The number of halogens is 1. The van der Waals surface area contributed by atoms with Gasteiger partial charge < -0.3 is 29.5 Å². The van der Waals surface area contributed by atoms with Gasteiger partial charge in [-0.25, -0.2) is 9.97 Å². The van der Waals surface area contributed by atoms with Crippen LogP contribution < -0.4 is 14.8 Å². The van der Waals surface area contributed by atoms with E-state index in [-0.39, 0.29) is 25.2 Å². The summed E-state index contributed by atoms with van der Waals surface area (Å²) in [6, 6.07) is 10.9. The van der Waals surface area contributed by atoms with E-state index in [2.05, 4.69) is 15.3 Å². The molecular weight excluding hydrogens is 484 g/mol. The minimum absolute atomic E-state index is 0.0936. The normalized spacial score (nSPS) is 16.4. The largest absolute Gasteiger partial charge is 0.489 e. The Bertz CT molecular complexity index is 1180. The van der Waals surface area contributed by atoms with E-state index in [1.165, 1.54) is 11.2 Å². The number of nitrogens with zero attached hydrogens (tertiary/aromatic N) is 3. The number of rotatable bonds is 10. The van der Waals surface area contributed by atoms with Crippen LogP contribution in [0.3, 0.4) is 0 Å². The summed E-state index contributed by atoms with van der Waals surface area (Å²) < 4.78 is 17.6. The number of aliphatic hydroxyl groups is 1. The molecule has 0 aliphatic carbocycles. The Morgan fingerprint density at radius 2 is 2.14 bits per heavy atom. The van der Waals surface area contributed by atoms with Crippen LogP contribution in [0, 0.1) is 0 Å². The van der Waals surface area contributed by atoms with Gasteiger partial charge in [-0.2, -0.15) is 0 Å². The number of nitrogens with one attached hydrogen (secondary N) is 1. The first-order valence-electron chi connectivity index (χ1n) is 12.0. The van der Waals surface area contributed by atoms with Crippen molar-refractivity contribution in [1.29, 1.82) is 0 Å². The summed E-state index contributed by atoms with van der Waals surface area (Å²) in [5, 5.41) is 13.5. The highest BCUT2D eigenvalue weighted by molar-refractivity contribution is 6.32. The molecule has 36 heavy (non-hydrogen) atoms. The first kappa shape index (κ1) is 25.9. The van der Waals surface area contributed by atoms with Gasteiger partial charge in [-0.05, 0) is 56.5 Å². The molecule has 1 aromatic heterocycles. The third-order valence-corrected chi connectivity index (χ3v) is 6.28. The number of fused-ring (bicyclic) bond motifs is 1. The lowest BCUT2D eigenvalue weighted by molar-refractivity contribution is -0.136. The minimum Gasteiger partial charge on any atom is -0.489 e. The number of aromatic nitrogens is 2. The number of likely N-dealkylation sites (N-methyl/N-ethyl adjacent to an activating group) is 1. The maximum Gasteiger partial charge on any atom is 0.263 e. The zero-order valence-corrected chi connectivity index (χ0v) is 21.2. The summed E-state index contributed by atoms with van der Waals surface area (Å²) >= 11 is 6.50. The first-order chi connectivity index (χ1) is 17.5. The molecule has 3 aromatic rings. The number of ether oxygens (including phenoxy) is 3. The molecule has 192 valence electrons. The molecule has 1 fully saturated rings. The predicted molar refractivity (Wildman–Crippen MR) is 138 cm³/mol. The van der Waals surface area contributed by atoms with Crippen molar-refractivity contribution in [1.82, 2.24) is 14.9 Å². The fourth-order valence-electron chi connectivity index (χ4n) is 4.04. The second-order valence-electron chi connectivity index (χ2n) is 8.69. The van der Waals surface area contributed by atoms with Crippen molar-refractivity contribution in [2.45, 2.75) is 38.4 Å². The summed E-state index contributed by atoms with van der Waals surface area (Å²) in [6.45, 7) is 3.02. The number of aliphatic hydroxyl groups excluding tert-OH is 1. The Morgan fingerprint density at radius 3 is 2.89 bits per heavy atom. The second-order valence-corrected chi connectivity index (χ2v) is 9.09.